The van der Waals surface area contributed by atoms with E-state index in [1.165, 1.54) is 0 Å². The Labute approximate surface area is 109 Å². The third kappa shape index (κ3) is 2.18. The van der Waals surface area contributed by atoms with Gasteiger partial charge >= 0.3 is 0 Å². The van der Waals surface area contributed by atoms with Gasteiger partial charge in [0.2, 0.25) is 5.91 Å². The SMILES string of the molecule is CC(C)(CNC(=O)C1C(C)(C)C1(C)C)C(N)=NO. The number of rotatable bonds is 4. The van der Waals surface area contributed by atoms with E-state index in [-0.39, 0.29) is 28.5 Å². The molecule has 0 aliphatic heterocycles. The maximum Gasteiger partial charge on any atom is 0.224 e. The Bertz CT molecular complexity index is 370. The highest BCUT2D eigenvalue weighted by Gasteiger charge is 2.68. The first-order valence-electron chi connectivity index (χ1n) is 6.24. The molecule has 1 rings (SSSR count). The maximum absolute atomic E-state index is 12.1. The zero-order valence-electron chi connectivity index (χ0n) is 12.2. The van der Waals surface area contributed by atoms with E-state index >= 15 is 0 Å². The largest absolute Gasteiger partial charge is 0.409 e. The number of nitrogens with zero attached hydrogens (tertiary/aromatic N) is 1. The Balaban J connectivity index is 2.60. The molecule has 1 fully saturated rings. The van der Waals surface area contributed by atoms with Crippen LogP contribution in [0.4, 0.5) is 0 Å². The molecule has 0 atom stereocenters. The molecule has 5 heteroatoms. The van der Waals surface area contributed by atoms with Crippen LogP contribution in [0.2, 0.25) is 0 Å². The summed E-state index contributed by atoms with van der Waals surface area (Å²) in [6, 6.07) is 0. The number of oxime groups is 1. The van der Waals surface area contributed by atoms with Gasteiger partial charge in [-0.05, 0) is 10.8 Å². The van der Waals surface area contributed by atoms with E-state index in [2.05, 4.69) is 38.2 Å². The second-order valence-electron chi connectivity index (χ2n) is 6.96. The summed E-state index contributed by atoms with van der Waals surface area (Å²) in [7, 11) is 0. The Hall–Kier alpha value is -1.26. The van der Waals surface area contributed by atoms with Gasteiger partial charge in [-0.2, -0.15) is 0 Å². The predicted octanol–water partition coefficient (Wildman–Crippen LogP) is 1.56. The van der Waals surface area contributed by atoms with Gasteiger partial charge < -0.3 is 16.3 Å². The molecule has 0 aromatic heterocycles. The molecule has 104 valence electrons. The number of hydrogen-bond donors (Lipinski definition) is 3. The summed E-state index contributed by atoms with van der Waals surface area (Å²) in [5.41, 5.74) is 5.09. The number of amides is 1. The molecule has 0 bridgehead atoms. The molecule has 1 saturated carbocycles. The van der Waals surface area contributed by atoms with Crippen LogP contribution in [0.3, 0.4) is 0 Å². The molecule has 0 spiro atoms. The molecule has 1 aliphatic carbocycles. The molecule has 0 unspecified atom stereocenters. The third-order valence-electron chi connectivity index (χ3n) is 4.79. The quantitative estimate of drug-likeness (QED) is 0.308. The molecule has 1 aliphatic rings. The standard InChI is InChI=1S/C13H25N3O2/c1-11(2,10(14)16-18)7-15-9(17)8-12(3,4)13(8,5)6/h8,18H,7H2,1-6H3,(H2,14,16)(H,15,17). The van der Waals surface area contributed by atoms with Crippen LogP contribution in [0.25, 0.3) is 0 Å². The fourth-order valence-corrected chi connectivity index (χ4v) is 2.49. The van der Waals surface area contributed by atoms with Crippen molar-refractivity contribution < 1.29 is 10.0 Å². The van der Waals surface area contributed by atoms with Gasteiger partial charge in [0.15, 0.2) is 0 Å². The van der Waals surface area contributed by atoms with Gasteiger partial charge in [0.05, 0.1) is 0 Å². The second kappa shape index (κ2) is 4.14. The van der Waals surface area contributed by atoms with Gasteiger partial charge in [0.25, 0.3) is 0 Å². The molecule has 5 nitrogen and oxygen atoms in total. The third-order valence-corrected chi connectivity index (χ3v) is 4.79. The highest BCUT2D eigenvalue weighted by Crippen LogP contribution is 2.68. The van der Waals surface area contributed by atoms with Gasteiger partial charge in [-0.3, -0.25) is 4.79 Å². The number of nitrogens with one attached hydrogen (secondary N) is 1. The van der Waals surface area contributed by atoms with Crippen LogP contribution in [0.5, 0.6) is 0 Å². The molecular weight excluding hydrogens is 230 g/mol. The lowest BCUT2D eigenvalue weighted by atomic mass is 9.92. The van der Waals surface area contributed by atoms with Gasteiger partial charge in [-0.25, -0.2) is 0 Å². The average Bonchev–Trinajstić information content (AvgIpc) is 2.65. The highest BCUT2D eigenvalue weighted by atomic mass is 16.4. The normalized spacial score (nSPS) is 22.7. The average molecular weight is 255 g/mol. The maximum atomic E-state index is 12.1. The Kier molecular flexibility index (Phi) is 3.40. The van der Waals surface area contributed by atoms with Crippen molar-refractivity contribution >= 4 is 11.7 Å². The van der Waals surface area contributed by atoms with E-state index in [9.17, 15) is 4.79 Å². The van der Waals surface area contributed by atoms with Gasteiger partial charge in [-0.1, -0.05) is 46.7 Å². The minimum atomic E-state index is -0.548. The lowest BCUT2D eigenvalue weighted by molar-refractivity contribution is -0.123. The van der Waals surface area contributed by atoms with Gasteiger partial charge in [-0.15, -0.1) is 0 Å². The molecule has 0 aromatic carbocycles. The summed E-state index contributed by atoms with van der Waals surface area (Å²) in [5.74, 6) is 0.189. The van der Waals surface area contributed by atoms with Gasteiger partial charge in [0.1, 0.15) is 5.84 Å². The topological polar surface area (TPSA) is 87.7 Å². The van der Waals surface area contributed by atoms with E-state index in [1.54, 1.807) is 0 Å². The zero-order valence-corrected chi connectivity index (χ0v) is 12.2. The fraction of sp³-hybridized carbons (Fsp3) is 0.846. The predicted molar refractivity (Wildman–Crippen MR) is 71.3 cm³/mol. The van der Waals surface area contributed by atoms with Crippen LogP contribution in [0.15, 0.2) is 5.16 Å². The summed E-state index contributed by atoms with van der Waals surface area (Å²) in [5, 5.41) is 14.6. The van der Waals surface area contributed by atoms with E-state index < -0.39 is 5.41 Å². The lowest BCUT2D eigenvalue weighted by Gasteiger charge is -2.23. The van der Waals surface area contributed by atoms with Crippen molar-refractivity contribution in [3.8, 4) is 0 Å². The van der Waals surface area contributed by atoms with Gasteiger partial charge in [0, 0.05) is 17.9 Å². The molecule has 0 saturated heterocycles. The summed E-state index contributed by atoms with van der Waals surface area (Å²) in [4.78, 5) is 12.1. The van der Waals surface area contributed by atoms with Crippen LogP contribution in [0, 0.1) is 22.2 Å². The smallest absolute Gasteiger partial charge is 0.224 e. The van der Waals surface area contributed by atoms with Crippen LogP contribution in [-0.4, -0.2) is 23.5 Å². The number of hydrogen-bond acceptors (Lipinski definition) is 3. The monoisotopic (exact) mass is 255 g/mol. The van der Waals surface area contributed by atoms with E-state index in [4.69, 9.17) is 10.9 Å². The fourth-order valence-electron chi connectivity index (χ4n) is 2.49. The van der Waals surface area contributed by atoms with Crippen molar-refractivity contribution in [2.24, 2.45) is 33.1 Å². The van der Waals surface area contributed by atoms with Crippen LogP contribution in [-0.2, 0) is 4.79 Å². The number of carbonyl (C=O) groups excluding carboxylic acids is 1. The minimum absolute atomic E-state index is 0.0214. The summed E-state index contributed by atoms with van der Waals surface area (Å²) < 4.78 is 0. The molecule has 0 radical (unpaired) electrons. The minimum Gasteiger partial charge on any atom is -0.409 e. The van der Waals surface area contributed by atoms with Crippen molar-refractivity contribution in [1.29, 1.82) is 0 Å². The molecule has 4 N–H and O–H groups in total. The van der Waals surface area contributed by atoms with Crippen LogP contribution in [0.1, 0.15) is 41.5 Å². The van der Waals surface area contributed by atoms with Crippen LogP contribution >= 0.6 is 0 Å². The van der Waals surface area contributed by atoms with Crippen molar-refractivity contribution in [1.82, 2.24) is 5.32 Å². The summed E-state index contributed by atoms with van der Waals surface area (Å²) in [6.07, 6.45) is 0. The van der Waals surface area contributed by atoms with Crippen LogP contribution < -0.4 is 11.1 Å². The first-order chi connectivity index (χ1) is 7.98. The molecular formula is C13H25N3O2. The number of nitrogens with two attached hydrogens (primary N) is 1. The first kappa shape index (κ1) is 14.8. The molecule has 1 amide bonds. The first-order valence-corrected chi connectivity index (χ1v) is 6.24. The van der Waals surface area contributed by atoms with Crippen molar-refractivity contribution in [3.05, 3.63) is 0 Å². The summed E-state index contributed by atoms with van der Waals surface area (Å²) >= 11 is 0. The van der Waals surface area contributed by atoms with E-state index in [1.807, 2.05) is 13.8 Å². The second-order valence-corrected chi connectivity index (χ2v) is 6.96. The molecule has 18 heavy (non-hydrogen) atoms. The Morgan fingerprint density at radius 3 is 2.11 bits per heavy atom. The van der Waals surface area contributed by atoms with Crippen molar-refractivity contribution in [2.75, 3.05) is 6.54 Å². The van der Waals surface area contributed by atoms with E-state index in [0.717, 1.165) is 0 Å². The Morgan fingerprint density at radius 1 is 1.33 bits per heavy atom. The number of carbonyl (C=O) groups is 1. The lowest BCUT2D eigenvalue weighted by Crippen LogP contribution is -2.43. The zero-order chi connectivity index (χ0) is 14.4. The molecule has 0 heterocycles. The van der Waals surface area contributed by atoms with E-state index in [0.29, 0.717) is 6.54 Å². The summed E-state index contributed by atoms with van der Waals surface area (Å²) in [6.45, 7) is 12.4. The number of amidine groups is 1. The Morgan fingerprint density at radius 2 is 1.78 bits per heavy atom. The van der Waals surface area contributed by atoms with Crippen molar-refractivity contribution in [2.45, 2.75) is 41.5 Å². The molecule has 0 aromatic rings. The highest BCUT2D eigenvalue weighted by molar-refractivity contribution is 5.87. The van der Waals surface area contributed by atoms with Crippen molar-refractivity contribution in [3.63, 3.8) is 0 Å².